The Morgan fingerprint density at radius 3 is 2.62 bits per heavy atom. The lowest BCUT2D eigenvalue weighted by Gasteiger charge is -2.24. The Hall–Kier alpha value is -0.0400. The maximum atomic E-state index is 2.81. The van der Waals surface area contributed by atoms with Gasteiger partial charge in [-0.2, -0.15) is 0 Å². The molecule has 1 saturated heterocycles. The molecule has 1 heteroatoms. The summed E-state index contributed by atoms with van der Waals surface area (Å²) in [4.78, 5) is 2.81. The van der Waals surface area contributed by atoms with E-state index in [4.69, 9.17) is 0 Å². The smallest absolute Gasteiger partial charge is 0.0124 e. The number of likely N-dealkylation sites (tertiary alicyclic amines) is 1. The minimum atomic E-state index is 1.01. The minimum Gasteiger partial charge on any atom is -0.300 e. The molecule has 1 nitrogen and oxygen atoms in total. The van der Waals surface area contributed by atoms with Crippen molar-refractivity contribution in [2.75, 3.05) is 13.1 Å². The van der Waals surface area contributed by atoms with Gasteiger partial charge in [0.1, 0.15) is 0 Å². The lowest BCUT2D eigenvalue weighted by molar-refractivity contribution is 0.220. The van der Waals surface area contributed by atoms with Crippen molar-refractivity contribution in [3.8, 4) is 0 Å². The molecule has 3 rings (SSSR count). The minimum absolute atomic E-state index is 1.01. The first kappa shape index (κ1) is 8.28. The second kappa shape index (κ2) is 2.98. The van der Waals surface area contributed by atoms with Crippen LogP contribution >= 0.6 is 0 Å². The second-order valence-electron chi connectivity index (χ2n) is 5.52. The molecule has 0 radical (unpaired) electrons. The Morgan fingerprint density at radius 2 is 2.00 bits per heavy atom. The van der Waals surface area contributed by atoms with Crippen molar-refractivity contribution in [2.24, 2.45) is 17.8 Å². The van der Waals surface area contributed by atoms with Crippen LogP contribution in [0.25, 0.3) is 0 Å². The Bertz CT molecular complexity index is 197. The van der Waals surface area contributed by atoms with Gasteiger partial charge in [-0.15, -0.1) is 0 Å². The van der Waals surface area contributed by atoms with Crippen LogP contribution in [0.1, 0.15) is 39.0 Å². The lowest BCUT2D eigenvalue weighted by Crippen LogP contribution is -2.33. The first-order chi connectivity index (χ1) is 6.34. The number of hydrogen-bond acceptors (Lipinski definition) is 1. The zero-order valence-electron chi connectivity index (χ0n) is 8.71. The van der Waals surface area contributed by atoms with Crippen LogP contribution in [0.5, 0.6) is 0 Å². The number of hydrogen-bond donors (Lipinski definition) is 0. The summed E-state index contributed by atoms with van der Waals surface area (Å²) in [6, 6.07) is 1.01. The van der Waals surface area contributed by atoms with Gasteiger partial charge in [-0.1, -0.05) is 6.92 Å². The first-order valence-electron chi connectivity index (χ1n) is 6.08. The second-order valence-corrected chi connectivity index (χ2v) is 5.52. The zero-order chi connectivity index (χ0) is 8.84. The van der Waals surface area contributed by atoms with Crippen molar-refractivity contribution in [1.82, 2.24) is 4.90 Å². The van der Waals surface area contributed by atoms with Crippen LogP contribution in [0.4, 0.5) is 0 Å². The van der Waals surface area contributed by atoms with Gasteiger partial charge in [0, 0.05) is 12.6 Å². The van der Waals surface area contributed by atoms with Gasteiger partial charge in [-0.3, -0.25) is 4.90 Å². The van der Waals surface area contributed by atoms with E-state index in [0.717, 1.165) is 23.8 Å². The van der Waals surface area contributed by atoms with E-state index in [0.29, 0.717) is 0 Å². The van der Waals surface area contributed by atoms with E-state index >= 15 is 0 Å². The average molecular weight is 179 g/mol. The van der Waals surface area contributed by atoms with Crippen molar-refractivity contribution in [3.63, 3.8) is 0 Å². The third-order valence-corrected chi connectivity index (χ3v) is 4.33. The molecule has 0 bridgehead atoms. The summed E-state index contributed by atoms with van der Waals surface area (Å²) in [7, 11) is 0. The number of nitrogens with zero attached hydrogens (tertiary/aromatic N) is 1. The van der Waals surface area contributed by atoms with Gasteiger partial charge in [0.05, 0.1) is 0 Å². The van der Waals surface area contributed by atoms with Crippen LogP contribution < -0.4 is 0 Å². The molecule has 3 fully saturated rings. The summed E-state index contributed by atoms with van der Waals surface area (Å²) >= 11 is 0. The summed E-state index contributed by atoms with van der Waals surface area (Å²) in [6.07, 6.45) is 7.55. The molecule has 2 saturated carbocycles. The van der Waals surface area contributed by atoms with Crippen LogP contribution in [0.2, 0.25) is 0 Å². The van der Waals surface area contributed by atoms with Crippen LogP contribution in [-0.4, -0.2) is 24.0 Å². The Kier molecular flexibility index (Phi) is 1.90. The molecule has 2 aliphatic carbocycles. The van der Waals surface area contributed by atoms with Crippen LogP contribution in [0.3, 0.4) is 0 Å². The average Bonchev–Trinajstić information content (AvgIpc) is 3.00. The molecule has 3 unspecified atom stereocenters. The highest BCUT2D eigenvalue weighted by Gasteiger charge is 2.41. The Morgan fingerprint density at radius 1 is 1.23 bits per heavy atom. The van der Waals surface area contributed by atoms with Gasteiger partial charge < -0.3 is 0 Å². The molecule has 0 aromatic rings. The van der Waals surface area contributed by atoms with Crippen LogP contribution in [-0.2, 0) is 0 Å². The number of rotatable bonds is 3. The van der Waals surface area contributed by atoms with Crippen molar-refractivity contribution >= 4 is 0 Å². The third kappa shape index (κ3) is 1.63. The lowest BCUT2D eigenvalue weighted by atomic mass is 10.1. The molecule has 1 aliphatic heterocycles. The van der Waals surface area contributed by atoms with Crippen molar-refractivity contribution in [2.45, 2.75) is 45.1 Å². The van der Waals surface area contributed by atoms with E-state index in [1.165, 1.54) is 45.2 Å². The summed E-state index contributed by atoms with van der Waals surface area (Å²) in [5.74, 6) is 3.22. The summed E-state index contributed by atoms with van der Waals surface area (Å²) in [5, 5.41) is 0. The molecule has 0 aromatic carbocycles. The molecule has 0 amide bonds. The molecule has 1 heterocycles. The molecule has 13 heavy (non-hydrogen) atoms. The summed E-state index contributed by atoms with van der Waals surface area (Å²) in [5.41, 5.74) is 0. The molecular weight excluding hydrogens is 158 g/mol. The van der Waals surface area contributed by atoms with Gasteiger partial charge in [-0.05, 0) is 56.4 Å². The highest BCUT2D eigenvalue weighted by Crippen LogP contribution is 2.44. The molecule has 3 aliphatic rings. The fraction of sp³-hybridized carbons (Fsp3) is 1.00. The van der Waals surface area contributed by atoms with Crippen LogP contribution in [0.15, 0.2) is 0 Å². The predicted octanol–water partition coefficient (Wildman–Crippen LogP) is 2.52. The highest BCUT2D eigenvalue weighted by atomic mass is 15.2. The van der Waals surface area contributed by atoms with E-state index in [-0.39, 0.29) is 0 Å². The van der Waals surface area contributed by atoms with Gasteiger partial charge in [0.15, 0.2) is 0 Å². The van der Waals surface area contributed by atoms with Gasteiger partial charge in [-0.25, -0.2) is 0 Å². The van der Waals surface area contributed by atoms with E-state index in [2.05, 4.69) is 11.8 Å². The molecular formula is C12H21N. The standard InChI is InChI=1S/C12H21N/c1-9-7-11(9)8-13-6-2-3-12(13)10-4-5-10/h9-12H,2-8H2,1H3. The SMILES string of the molecule is CC1CC1CN1CCCC1C1CC1. The quantitative estimate of drug-likeness (QED) is 0.643. The van der Waals surface area contributed by atoms with E-state index in [1.54, 1.807) is 0 Å². The predicted molar refractivity (Wildman–Crippen MR) is 54.6 cm³/mol. The first-order valence-corrected chi connectivity index (χ1v) is 6.08. The summed E-state index contributed by atoms with van der Waals surface area (Å²) < 4.78 is 0. The zero-order valence-corrected chi connectivity index (χ0v) is 8.71. The molecule has 0 N–H and O–H groups in total. The van der Waals surface area contributed by atoms with E-state index in [9.17, 15) is 0 Å². The van der Waals surface area contributed by atoms with Crippen molar-refractivity contribution < 1.29 is 0 Å². The van der Waals surface area contributed by atoms with E-state index in [1.807, 2.05) is 0 Å². The molecule has 0 spiro atoms. The fourth-order valence-electron chi connectivity index (χ4n) is 3.05. The summed E-state index contributed by atoms with van der Waals surface area (Å²) in [6.45, 7) is 5.25. The molecule has 74 valence electrons. The van der Waals surface area contributed by atoms with Crippen LogP contribution in [0, 0.1) is 17.8 Å². The fourth-order valence-corrected chi connectivity index (χ4v) is 3.05. The topological polar surface area (TPSA) is 3.24 Å². The van der Waals surface area contributed by atoms with Gasteiger partial charge in [0.25, 0.3) is 0 Å². The molecule has 0 aromatic heterocycles. The monoisotopic (exact) mass is 179 g/mol. The van der Waals surface area contributed by atoms with Gasteiger partial charge >= 0.3 is 0 Å². The maximum absolute atomic E-state index is 2.81. The third-order valence-electron chi connectivity index (χ3n) is 4.33. The Labute approximate surface area is 81.5 Å². The highest BCUT2D eigenvalue weighted by molar-refractivity contribution is 4.95. The largest absolute Gasteiger partial charge is 0.300 e. The molecule has 3 atom stereocenters. The Balaban J connectivity index is 1.55. The maximum Gasteiger partial charge on any atom is 0.0124 e. The van der Waals surface area contributed by atoms with Gasteiger partial charge in [0.2, 0.25) is 0 Å². The van der Waals surface area contributed by atoms with E-state index < -0.39 is 0 Å². The van der Waals surface area contributed by atoms with Crippen molar-refractivity contribution in [3.05, 3.63) is 0 Å². The normalized spacial score (nSPS) is 45.5. The van der Waals surface area contributed by atoms with Crippen molar-refractivity contribution in [1.29, 1.82) is 0 Å².